The van der Waals surface area contributed by atoms with Crippen molar-refractivity contribution in [3.05, 3.63) is 52.8 Å². The van der Waals surface area contributed by atoms with Crippen molar-refractivity contribution in [2.45, 2.75) is 11.8 Å². The smallest absolute Gasteiger partial charge is 0.263 e. The standard InChI is InChI=1S/C13H12ClN3O2S2/c1-8-11(3-2-6-16-8)17-21(18,19)12-5-4-9(13(15)20)7-10(12)14/h2-7,17H,1H3,(H2,15,20). The van der Waals surface area contributed by atoms with Crippen LogP contribution in [0.25, 0.3) is 0 Å². The number of halogens is 1. The molecule has 0 spiro atoms. The number of aryl methyl sites for hydroxylation is 1. The molecule has 1 aromatic heterocycles. The Kier molecular flexibility index (Phi) is 4.46. The maximum absolute atomic E-state index is 12.4. The highest BCUT2D eigenvalue weighted by Crippen LogP contribution is 2.25. The third-order valence-corrected chi connectivity index (χ3v) is 4.84. The SMILES string of the molecule is Cc1ncccc1NS(=O)(=O)c1ccc(C(N)=S)cc1Cl. The average molecular weight is 342 g/mol. The third kappa shape index (κ3) is 3.49. The van der Waals surface area contributed by atoms with E-state index < -0.39 is 10.0 Å². The van der Waals surface area contributed by atoms with Gasteiger partial charge in [-0.25, -0.2) is 8.42 Å². The van der Waals surface area contributed by atoms with E-state index in [-0.39, 0.29) is 14.9 Å². The minimum atomic E-state index is -3.81. The molecule has 0 saturated heterocycles. The highest BCUT2D eigenvalue weighted by Gasteiger charge is 2.19. The number of aromatic nitrogens is 1. The topological polar surface area (TPSA) is 85.1 Å². The van der Waals surface area contributed by atoms with E-state index >= 15 is 0 Å². The highest BCUT2D eigenvalue weighted by molar-refractivity contribution is 7.92. The highest BCUT2D eigenvalue weighted by atomic mass is 35.5. The van der Waals surface area contributed by atoms with Gasteiger partial charge in [-0.05, 0) is 31.2 Å². The molecule has 8 heteroatoms. The molecule has 0 aliphatic carbocycles. The lowest BCUT2D eigenvalue weighted by molar-refractivity contribution is 0.601. The summed E-state index contributed by atoms with van der Waals surface area (Å²) in [6.07, 6.45) is 1.58. The number of nitrogens with one attached hydrogen (secondary N) is 1. The van der Waals surface area contributed by atoms with Crippen LogP contribution in [0.5, 0.6) is 0 Å². The van der Waals surface area contributed by atoms with Crippen LogP contribution in [0.3, 0.4) is 0 Å². The molecule has 110 valence electrons. The Morgan fingerprint density at radius 3 is 2.67 bits per heavy atom. The van der Waals surface area contributed by atoms with Gasteiger partial charge in [-0.15, -0.1) is 0 Å². The number of pyridine rings is 1. The largest absolute Gasteiger partial charge is 0.389 e. The van der Waals surface area contributed by atoms with Crippen LogP contribution in [0.15, 0.2) is 41.4 Å². The molecule has 0 amide bonds. The van der Waals surface area contributed by atoms with Crippen molar-refractivity contribution in [1.82, 2.24) is 4.98 Å². The summed E-state index contributed by atoms with van der Waals surface area (Å²) in [4.78, 5) is 4.12. The van der Waals surface area contributed by atoms with Gasteiger partial charge < -0.3 is 5.73 Å². The zero-order valence-electron chi connectivity index (χ0n) is 11.0. The van der Waals surface area contributed by atoms with Crippen molar-refractivity contribution in [2.24, 2.45) is 5.73 Å². The van der Waals surface area contributed by atoms with Crippen LogP contribution in [0.1, 0.15) is 11.3 Å². The molecule has 5 nitrogen and oxygen atoms in total. The monoisotopic (exact) mass is 341 g/mol. The van der Waals surface area contributed by atoms with Gasteiger partial charge in [0.15, 0.2) is 0 Å². The van der Waals surface area contributed by atoms with Crippen molar-refractivity contribution in [3.63, 3.8) is 0 Å². The molecule has 0 aliphatic rings. The molecule has 21 heavy (non-hydrogen) atoms. The number of thiocarbonyl (C=S) groups is 1. The number of benzene rings is 1. The molecule has 0 unspecified atom stereocenters. The maximum Gasteiger partial charge on any atom is 0.263 e. The van der Waals surface area contributed by atoms with Crippen LogP contribution >= 0.6 is 23.8 Å². The van der Waals surface area contributed by atoms with E-state index in [1.165, 1.54) is 18.2 Å². The average Bonchev–Trinajstić information content (AvgIpc) is 2.40. The molecule has 2 aromatic rings. The molecule has 3 N–H and O–H groups in total. The van der Waals surface area contributed by atoms with E-state index in [4.69, 9.17) is 29.6 Å². The summed E-state index contributed by atoms with van der Waals surface area (Å²) in [5.74, 6) is 0. The predicted molar refractivity (Wildman–Crippen MR) is 87.1 cm³/mol. The molecule has 0 fully saturated rings. The van der Waals surface area contributed by atoms with Crippen LogP contribution in [0.2, 0.25) is 5.02 Å². The number of hydrogen-bond donors (Lipinski definition) is 2. The minimum absolute atomic E-state index is 0.0487. The fourth-order valence-electron chi connectivity index (χ4n) is 1.66. The minimum Gasteiger partial charge on any atom is -0.389 e. The summed E-state index contributed by atoms with van der Waals surface area (Å²) in [6, 6.07) is 7.57. The second-order valence-corrected chi connectivity index (χ2v) is 6.75. The Balaban J connectivity index is 2.41. The predicted octanol–water partition coefficient (Wildman–Crippen LogP) is 2.48. The Morgan fingerprint density at radius 1 is 1.38 bits per heavy atom. The molecule has 0 saturated carbocycles. The molecule has 1 aromatic carbocycles. The lowest BCUT2D eigenvalue weighted by Crippen LogP contribution is -2.15. The Hall–Kier alpha value is -1.70. The molecular formula is C13H12ClN3O2S2. The lowest BCUT2D eigenvalue weighted by atomic mass is 10.2. The number of hydrogen-bond acceptors (Lipinski definition) is 4. The Labute approximate surface area is 133 Å². The molecule has 0 bridgehead atoms. The van der Waals surface area contributed by atoms with Crippen LogP contribution < -0.4 is 10.5 Å². The second kappa shape index (κ2) is 5.97. The third-order valence-electron chi connectivity index (χ3n) is 2.76. The summed E-state index contributed by atoms with van der Waals surface area (Å²) in [7, 11) is -3.81. The number of nitrogens with zero attached hydrogens (tertiary/aromatic N) is 1. The zero-order chi connectivity index (χ0) is 15.6. The van der Waals surface area contributed by atoms with Crippen LogP contribution in [-0.2, 0) is 10.0 Å². The van der Waals surface area contributed by atoms with Crippen LogP contribution in [-0.4, -0.2) is 18.4 Å². The van der Waals surface area contributed by atoms with Gasteiger partial charge in [0.1, 0.15) is 9.88 Å². The first-order valence-corrected chi connectivity index (χ1v) is 8.12. The van der Waals surface area contributed by atoms with Gasteiger partial charge in [-0.1, -0.05) is 29.9 Å². The van der Waals surface area contributed by atoms with Crippen molar-refractivity contribution in [2.75, 3.05) is 4.72 Å². The Bertz CT molecular complexity index is 807. The van der Waals surface area contributed by atoms with Crippen molar-refractivity contribution < 1.29 is 8.42 Å². The number of rotatable bonds is 4. The van der Waals surface area contributed by atoms with Crippen LogP contribution in [0.4, 0.5) is 5.69 Å². The zero-order valence-corrected chi connectivity index (χ0v) is 13.4. The summed E-state index contributed by atoms with van der Waals surface area (Å²) in [6.45, 7) is 1.70. The molecule has 1 heterocycles. The van der Waals surface area contributed by atoms with Gasteiger partial charge in [-0.2, -0.15) is 0 Å². The molecule has 0 atom stereocenters. The van der Waals surface area contributed by atoms with Crippen molar-refractivity contribution >= 4 is 44.5 Å². The normalized spacial score (nSPS) is 11.1. The van der Waals surface area contributed by atoms with Crippen molar-refractivity contribution in [3.8, 4) is 0 Å². The molecular weight excluding hydrogens is 330 g/mol. The van der Waals surface area contributed by atoms with E-state index in [1.54, 1.807) is 25.3 Å². The number of sulfonamides is 1. The van der Waals surface area contributed by atoms with Gasteiger partial charge in [-0.3, -0.25) is 9.71 Å². The Morgan fingerprint density at radius 2 is 2.10 bits per heavy atom. The number of nitrogens with two attached hydrogens (primary N) is 1. The molecule has 0 radical (unpaired) electrons. The van der Waals surface area contributed by atoms with E-state index in [1.807, 2.05) is 0 Å². The summed E-state index contributed by atoms with van der Waals surface area (Å²) < 4.78 is 27.2. The van der Waals surface area contributed by atoms with E-state index in [9.17, 15) is 8.42 Å². The molecule has 2 rings (SSSR count). The lowest BCUT2D eigenvalue weighted by Gasteiger charge is -2.11. The van der Waals surface area contributed by atoms with Gasteiger partial charge in [0.2, 0.25) is 0 Å². The number of anilines is 1. The second-order valence-electron chi connectivity index (χ2n) is 4.25. The van der Waals surface area contributed by atoms with Gasteiger partial charge >= 0.3 is 0 Å². The summed E-state index contributed by atoms with van der Waals surface area (Å²) in [5, 5.41) is 0.0503. The van der Waals surface area contributed by atoms with E-state index in [0.29, 0.717) is 16.9 Å². The van der Waals surface area contributed by atoms with Gasteiger partial charge in [0, 0.05) is 11.8 Å². The van der Waals surface area contributed by atoms with E-state index in [0.717, 1.165) is 0 Å². The fourth-order valence-corrected chi connectivity index (χ4v) is 3.45. The van der Waals surface area contributed by atoms with Gasteiger partial charge in [0.25, 0.3) is 10.0 Å². The van der Waals surface area contributed by atoms with Gasteiger partial charge in [0.05, 0.1) is 16.4 Å². The maximum atomic E-state index is 12.4. The first-order chi connectivity index (χ1) is 9.81. The summed E-state index contributed by atoms with van der Waals surface area (Å²) >= 11 is 10.8. The quantitative estimate of drug-likeness (QED) is 0.834. The van der Waals surface area contributed by atoms with E-state index in [2.05, 4.69) is 9.71 Å². The summed E-state index contributed by atoms with van der Waals surface area (Å²) in [5.41, 5.74) is 6.95. The van der Waals surface area contributed by atoms with Crippen molar-refractivity contribution in [1.29, 1.82) is 0 Å². The fraction of sp³-hybridized carbons (Fsp3) is 0.0769. The molecule has 0 aliphatic heterocycles. The van der Waals surface area contributed by atoms with Crippen LogP contribution in [0, 0.1) is 6.92 Å². The first-order valence-electron chi connectivity index (χ1n) is 5.85. The first kappa shape index (κ1) is 15.7.